The molecule has 68 valence electrons. The summed E-state index contributed by atoms with van der Waals surface area (Å²) in [6.07, 6.45) is 2.50. The minimum Gasteiger partial charge on any atom is -0.370 e. The van der Waals surface area contributed by atoms with Gasteiger partial charge in [0.25, 0.3) is 0 Å². The van der Waals surface area contributed by atoms with Gasteiger partial charge in [0.2, 0.25) is 0 Å². The first-order chi connectivity index (χ1) is 5.73. The first-order valence-corrected chi connectivity index (χ1v) is 5.47. The van der Waals surface area contributed by atoms with E-state index in [2.05, 4.69) is 17.2 Å². The van der Waals surface area contributed by atoms with Crippen molar-refractivity contribution in [2.45, 2.75) is 30.6 Å². The number of aliphatic imine (C=N–C) groups is 1. The predicted molar refractivity (Wildman–Crippen MR) is 53.5 cm³/mol. The van der Waals surface area contributed by atoms with Gasteiger partial charge in [-0.05, 0) is 18.6 Å². The van der Waals surface area contributed by atoms with Crippen molar-refractivity contribution in [3.8, 4) is 0 Å². The lowest BCUT2D eigenvalue weighted by atomic mass is 9.90. The Morgan fingerprint density at radius 2 is 2.58 bits per heavy atom. The van der Waals surface area contributed by atoms with Crippen LogP contribution < -0.4 is 11.1 Å². The van der Waals surface area contributed by atoms with Crippen LogP contribution in [0.1, 0.15) is 19.8 Å². The van der Waals surface area contributed by atoms with E-state index < -0.39 is 0 Å². The Kier molecular flexibility index (Phi) is 1.94. The summed E-state index contributed by atoms with van der Waals surface area (Å²) in [5, 5.41) is 3.96. The zero-order valence-electron chi connectivity index (χ0n) is 7.34. The molecule has 2 aliphatic rings. The van der Waals surface area contributed by atoms with Gasteiger partial charge < -0.3 is 11.1 Å². The Hall–Kier alpha value is -0.380. The molecule has 1 spiro atoms. The maximum absolute atomic E-state index is 5.63. The van der Waals surface area contributed by atoms with E-state index in [0.717, 1.165) is 6.54 Å². The van der Waals surface area contributed by atoms with Crippen molar-refractivity contribution in [3.63, 3.8) is 0 Å². The van der Waals surface area contributed by atoms with Crippen LogP contribution in [0.3, 0.4) is 0 Å². The van der Waals surface area contributed by atoms with E-state index in [1.54, 1.807) is 0 Å². The highest BCUT2D eigenvalue weighted by atomic mass is 32.2. The van der Waals surface area contributed by atoms with Crippen molar-refractivity contribution < 1.29 is 0 Å². The Labute approximate surface area is 77.2 Å². The molecule has 2 aliphatic heterocycles. The zero-order chi connectivity index (χ0) is 8.60. The molecule has 0 bridgehead atoms. The number of nitrogens with zero attached hydrogens (tertiary/aromatic N) is 1. The molecule has 0 aromatic rings. The third kappa shape index (κ3) is 1.18. The van der Waals surface area contributed by atoms with Gasteiger partial charge in [-0.2, -0.15) is 11.8 Å². The summed E-state index contributed by atoms with van der Waals surface area (Å²) in [4.78, 5) is 4.23. The Morgan fingerprint density at radius 3 is 3.17 bits per heavy atom. The fraction of sp³-hybridized carbons (Fsp3) is 0.875. The lowest BCUT2D eigenvalue weighted by Gasteiger charge is -2.38. The maximum Gasteiger partial charge on any atom is 0.189 e. The average Bonchev–Trinajstić information content (AvgIpc) is 2.41. The maximum atomic E-state index is 5.63. The highest BCUT2D eigenvalue weighted by Crippen LogP contribution is 2.35. The van der Waals surface area contributed by atoms with Crippen molar-refractivity contribution in [2.75, 3.05) is 12.3 Å². The largest absolute Gasteiger partial charge is 0.370 e. The molecule has 0 aromatic heterocycles. The van der Waals surface area contributed by atoms with E-state index in [-0.39, 0.29) is 5.54 Å². The van der Waals surface area contributed by atoms with Crippen LogP contribution in [0.15, 0.2) is 4.99 Å². The second kappa shape index (κ2) is 2.83. The molecule has 0 amide bonds. The third-order valence-electron chi connectivity index (χ3n) is 2.82. The molecule has 12 heavy (non-hydrogen) atoms. The molecule has 0 aromatic carbocycles. The summed E-state index contributed by atoms with van der Waals surface area (Å²) in [7, 11) is 0. The van der Waals surface area contributed by atoms with Crippen molar-refractivity contribution >= 4 is 17.7 Å². The molecular weight excluding hydrogens is 170 g/mol. The Balaban J connectivity index is 2.10. The third-order valence-corrected chi connectivity index (χ3v) is 4.30. The normalized spacial score (nSPS) is 41.1. The highest BCUT2D eigenvalue weighted by molar-refractivity contribution is 8.00. The Morgan fingerprint density at radius 1 is 1.75 bits per heavy atom. The predicted octanol–water partition coefficient (Wildman–Crippen LogP) is 0.559. The number of thioether (sulfide) groups is 1. The minimum atomic E-state index is 0.188. The van der Waals surface area contributed by atoms with E-state index >= 15 is 0 Å². The molecular formula is C8H15N3S. The molecule has 0 saturated carbocycles. The van der Waals surface area contributed by atoms with Crippen LogP contribution in [0.5, 0.6) is 0 Å². The summed E-state index contributed by atoms with van der Waals surface area (Å²) in [6.45, 7) is 3.14. The van der Waals surface area contributed by atoms with Gasteiger partial charge in [0.1, 0.15) is 0 Å². The summed E-state index contributed by atoms with van der Waals surface area (Å²) in [5.74, 6) is 1.91. The van der Waals surface area contributed by atoms with Crippen molar-refractivity contribution in [3.05, 3.63) is 0 Å². The number of rotatable bonds is 0. The topological polar surface area (TPSA) is 50.4 Å². The van der Waals surface area contributed by atoms with Gasteiger partial charge in [-0.15, -0.1) is 0 Å². The van der Waals surface area contributed by atoms with E-state index in [9.17, 15) is 0 Å². The molecule has 2 heterocycles. The van der Waals surface area contributed by atoms with E-state index in [1.165, 1.54) is 18.6 Å². The van der Waals surface area contributed by atoms with E-state index in [0.29, 0.717) is 11.2 Å². The van der Waals surface area contributed by atoms with Crippen LogP contribution in [-0.2, 0) is 0 Å². The number of nitrogens with one attached hydrogen (secondary N) is 1. The standard InChI is InChI=1S/C8H15N3S/c1-6-8(3-2-4-12-6)5-10-7(9)11-8/h6H,2-5H2,1H3,(H3,9,10,11). The number of nitrogens with two attached hydrogens (primary N) is 1. The molecule has 2 unspecified atom stereocenters. The molecule has 1 fully saturated rings. The first kappa shape index (κ1) is 8.23. The fourth-order valence-electron chi connectivity index (χ4n) is 1.94. The molecule has 1 saturated heterocycles. The van der Waals surface area contributed by atoms with Crippen LogP contribution >= 0.6 is 11.8 Å². The summed E-state index contributed by atoms with van der Waals surface area (Å²) < 4.78 is 0. The summed E-state index contributed by atoms with van der Waals surface area (Å²) in [5.41, 5.74) is 5.82. The monoisotopic (exact) mass is 185 g/mol. The van der Waals surface area contributed by atoms with Crippen LogP contribution in [0.2, 0.25) is 0 Å². The van der Waals surface area contributed by atoms with Gasteiger partial charge in [0.05, 0.1) is 12.1 Å². The van der Waals surface area contributed by atoms with Crippen molar-refractivity contribution in [1.29, 1.82) is 0 Å². The van der Waals surface area contributed by atoms with E-state index in [1.807, 2.05) is 11.8 Å². The smallest absolute Gasteiger partial charge is 0.189 e. The van der Waals surface area contributed by atoms with Gasteiger partial charge in [-0.1, -0.05) is 6.92 Å². The van der Waals surface area contributed by atoms with E-state index in [4.69, 9.17) is 5.73 Å². The van der Waals surface area contributed by atoms with Gasteiger partial charge in [-0.3, -0.25) is 4.99 Å². The lowest BCUT2D eigenvalue weighted by Crippen LogP contribution is -2.55. The fourth-order valence-corrected chi connectivity index (χ4v) is 3.18. The second-order valence-corrected chi connectivity index (χ2v) is 5.05. The molecule has 3 N–H and O–H groups in total. The molecule has 0 aliphatic carbocycles. The summed E-state index contributed by atoms with van der Waals surface area (Å²) in [6, 6.07) is 0. The Bertz CT molecular complexity index is 216. The number of guanidine groups is 1. The van der Waals surface area contributed by atoms with Crippen LogP contribution in [0.25, 0.3) is 0 Å². The highest BCUT2D eigenvalue weighted by Gasteiger charge is 2.41. The summed E-state index contributed by atoms with van der Waals surface area (Å²) >= 11 is 2.02. The molecule has 2 atom stereocenters. The van der Waals surface area contributed by atoms with Crippen molar-refractivity contribution in [2.24, 2.45) is 10.7 Å². The van der Waals surface area contributed by atoms with Gasteiger partial charge in [0, 0.05) is 5.25 Å². The number of hydrogen-bond donors (Lipinski definition) is 2. The molecule has 4 heteroatoms. The minimum absolute atomic E-state index is 0.188. The second-order valence-electron chi connectivity index (χ2n) is 3.60. The lowest BCUT2D eigenvalue weighted by molar-refractivity contribution is 0.366. The van der Waals surface area contributed by atoms with Crippen LogP contribution in [-0.4, -0.2) is 29.0 Å². The van der Waals surface area contributed by atoms with Crippen molar-refractivity contribution in [1.82, 2.24) is 5.32 Å². The van der Waals surface area contributed by atoms with Crippen LogP contribution in [0.4, 0.5) is 0 Å². The first-order valence-electron chi connectivity index (χ1n) is 4.43. The molecule has 0 radical (unpaired) electrons. The SMILES string of the molecule is CC1SCCCC12CN=C(N)N2. The quantitative estimate of drug-likeness (QED) is 0.580. The van der Waals surface area contributed by atoms with Gasteiger partial charge in [-0.25, -0.2) is 0 Å². The van der Waals surface area contributed by atoms with Crippen LogP contribution in [0, 0.1) is 0 Å². The number of hydrogen-bond acceptors (Lipinski definition) is 4. The molecule has 2 rings (SSSR count). The molecule has 3 nitrogen and oxygen atoms in total. The average molecular weight is 185 g/mol. The zero-order valence-corrected chi connectivity index (χ0v) is 8.16. The van der Waals surface area contributed by atoms with Gasteiger partial charge in [0.15, 0.2) is 5.96 Å². The van der Waals surface area contributed by atoms with Gasteiger partial charge >= 0.3 is 0 Å².